The van der Waals surface area contributed by atoms with Gasteiger partial charge in [0.1, 0.15) is 5.82 Å². The van der Waals surface area contributed by atoms with Crippen molar-refractivity contribution < 1.29 is 18.3 Å². The van der Waals surface area contributed by atoms with E-state index in [4.69, 9.17) is 9.15 Å². The van der Waals surface area contributed by atoms with E-state index in [0.29, 0.717) is 31.0 Å². The lowest BCUT2D eigenvalue weighted by atomic mass is 10.1. The Morgan fingerprint density at radius 3 is 2.64 bits per heavy atom. The summed E-state index contributed by atoms with van der Waals surface area (Å²) >= 11 is 0. The molecule has 1 aromatic carbocycles. The van der Waals surface area contributed by atoms with Gasteiger partial charge in [0.05, 0.1) is 18.4 Å². The lowest BCUT2D eigenvalue weighted by Crippen LogP contribution is -2.52. The lowest BCUT2D eigenvalue weighted by Gasteiger charge is -2.39. The fourth-order valence-corrected chi connectivity index (χ4v) is 3.45. The third-order valence-electron chi connectivity index (χ3n) is 4.91. The van der Waals surface area contributed by atoms with Gasteiger partial charge >= 0.3 is 0 Å². The van der Waals surface area contributed by atoms with Gasteiger partial charge in [-0.3, -0.25) is 9.69 Å². The summed E-state index contributed by atoms with van der Waals surface area (Å²) < 4.78 is 24.4. The molecule has 2 aromatic rings. The van der Waals surface area contributed by atoms with Crippen LogP contribution in [-0.2, 0) is 16.0 Å². The van der Waals surface area contributed by atoms with Crippen molar-refractivity contribution >= 4 is 5.91 Å². The Balaban J connectivity index is 1.42. The summed E-state index contributed by atoms with van der Waals surface area (Å²) in [5.74, 6) is 0.746. The van der Waals surface area contributed by atoms with Gasteiger partial charge in [-0.1, -0.05) is 0 Å². The number of aryl methyl sites for hydroxylation is 1. The highest BCUT2D eigenvalue weighted by molar-refractivity contribution is 5.76. The largest absolute Gasteiger partial charge is 0.441 e. The van der Waals surface area contributed by atoms with Crippen molar-refractivity contribution in [1.29, 1.82) is 0 Å². The molecule has 6 nitrogen and oxygen atoms in total. The van der Waals surface area contributed by atoms with Gasteiger partial charge in [-0.25, -0.2) is 9.37 Å². The Hall–Kier alpha value is -2.25. The van der Waals surface area contributed by atoms with Gasteiger partial charge in [0.15, 0.2) is 11.7 Å². The van der Waals surface area contributed by atoms with Crippen LogP contribution in [0.5, 0.6) is 0 Å². The van der Waals surface area contributed by atoms with E-state index in [1.807, 2.05) is 0 Å². The molecule has 1 aliphatic heterocycles. The van der Waals surface area contributed by atoms with Gasteiger partial charge in [0.2, 0.25) is 5.91 Å². The predicted molar refractivity (Wildman–Crippen MR) is 104 cm³/mol. The second kappa shape index (κ2) is 9.30. The molecule has 1 amide bonds. The maximum absolute atomic E-state index is 13.0. The van der Waals surface area contributed by atoms with E-state index in [-0.39, 0.29) is 30.0 Å². The number of carbonyl (C=O) groups excluding carboxylic acids is 1. The van der Waals surface area contributed by atoms with Crippen LogP contribution < -0.4 is 5.32 Å². The number of rotatable bonds is 7. The Bertz CT molecular complexity index is 767. The Morgan fingerprint density at radius 1 is 1.29 bits per heavy atom. The van der Waals surface area contributed by atoms with Crippen molar-refractivity contribution in [3.8, 4) is 11.3 Å². The number of morpholine rings is 1. The van der Waals surface area contributed by atoms with Crippen LogP contribution in [0.4, 0.5) is 4.39 Å². The van der Waals surface area contributed by atoms with Crippen molar-refractivity contribution in [2.75, 3.05) is 19.6 Å². The minimum atomic E-state index is -0.296. The first-order valence-corrected chi connectivity index (χ1v) is 9.77. The first kappa shape index (κ1) is 20.5. The zero-order chi connectivity index (χ0) is 20.1. The SMILES string of the molecule is CC1CN(C(C)CNC(=O)CCc2ncc(-c3ccc(F)cc3)o2)CC(C)O1. The number of oxazole rings is 1. The van der Waals surface area contributed by atoms with Gasteiger partial charge < -0.3 is 14.5 Å². The number of aromatic nitrogens is 1. The molecule has 3 rings (SSSR count). The molecule has 0 spiro atoms. The first-order chi connectivity index (χ1) is 13.4. The monoisotopic (exact) mass is 389 g/mol. The smallest absolute Gasteiger partial charge is 0.220 e. The number of hydrogen-bond acceptors (Lipinski definition) is 5. The average Bonchev–Trinajstić information content (AvgIpc) is 3.13. The Kier molecular flexibility index (Phi) is 6.80. The number of halogens is 1. The maximum atomic E-state index is 13.0. The van der Waals surface area contributed by atoms with Crippen LogP contribution >= 0.6 is 0 Å². The second-order valence-corrected chi connectivity index (χ2v) is 7.49. The summed E-state index contributed by atoms with van der Waals surface area (Å²) in [6.45, 7) is 8.63. The zero-order valence-corrected chi connectivity index (χ0v) is 16.7. The van der Waals surface area contributed by atoms with Gasteiger partial charge in [0.25, 0.3) is 0 Å². The van der Waals surface area contributed by atoms with Crippen LogP contribution in [-0.4, -0.2) is 53.7 Å². The van der Waals surface area contributed by atoms with Crippen molar-refractivity contribution in [3.05, 3.63) is 42.2 Å². The molecule has 0 aliphatic carbocycles. The molecule has 2 heterocycles. The van der Waals surface area contributed by atoms with E-state index in [9.17, 15) is 9.18 Å². The lowest BCUT2D eigenvalue weighted by molar-refractivity contribution is -0.121. The minimum absolute atomic E-state index is 0.0252. The van der Waals surface area contributed by atoms with Crippen LogP contribution in [0.1, 0.15) is 33.1 Å². The molecule has 152 valence electrons. The van der Waals surface area contributed by atoms with E-state index in [0.717, 1.165) is 18.7 Å². The summed E-state index contributed by atoms with van der Waals surface area (Å²) in [6.07, 6.45) is 2.76. The summed E-state index contributed by atoms with van der Waals surface area (Å²) in [7, 11) is 0. The standard InChI is InChI=1S/C21H28FN3O3/c1-14(25-12-15(2)27-16(3)13-25)10-23-20(26)8-9-21-24-11-19(28-21)17-4-6-18(22)7-5-17/h4-7,11,14-16H,8-10,12-13H2,1-3H3,(H,23,26). The highest BCUT2D eigenvalue weighted by Crippen LogP contribution is 2.21. The molecule has 0 saturated carbocycles. The van der Waals surface area contributed by atoms with Crippen LogP contribution in [0.25, 0.3) is 11.3 Å². The van der Waals surface area contributed by atoms with Crippen LogP contribution in [0.15, 0.2) is 34.9 Å². The van der Waals surface area contributed by atoms with Crippen LogP contribution in [0, 0.1) is 5.82 Å². The molecular formula is C21H28FN3O3. The minimum Gasteiger partial charge on any atom is -0.441 e. The highest BCUT2D eigenvalue weighted by Gasteiger charge is 2.25. The first-order valence-electron chi connectivity index (χ1n) is 9.77. The molecule has 1 aliphatic rings. The molecule has 1 fully saturated rings. The van der Waals surface area contributed by atoms with E-state index in [1.54, 1.807) is 18.3 Å². The fourth-order valence-electron chi connectivity index (χ4n) is 3.45. The number of nitrogens with zero attached hydrogens (tertiary/aromatic N) is 2. The molecule has 1 saturated heterocycles. The normalized spacial score (nSPS) is 21.4. The zero-order valence-electron chi connectivity index (χ0n) is 16.7. The number of hydrogen-bond donors (Lipinski definition) is 1. The van der Waals surface area contributed by atoms with Crippen molar-refractivity contribution in [2.45, 2.75) is 51.9 Å². The van der Waals surface area contributed by atoms with Crippen LogP contribution in [0.2, 0.25) is 0 Å². The van der Waals surface area contributed by atoms with Gasteiger partial charge in [0, 0.05) is 44.1 Å². The maximum Gasteiger partial charge on any atom is 0.220 e. The topological polar surface area (TPSA) is 67.6 Å². The number of ether oxygens (including phenoxy) is 1. The summed E-state index contributed by atoms with van der Waals surface area (Å²) in [5, 5.41) is 2.99. The number of carbonyl (C=O) groups is 1. The van der Waals surface area contributed by atoms with E-state index in [2.05, 4.69) is 36.0 Å². The highest BCUT2D eigenvalue weighted by atomic mass is 19.1. The summed E-state index contributed by atoms with van der Waals surface area (Å²) in [4.78, 5) is 18.7. The average molecular weight is 389 g/mol. The third-order valence-corrected chi connectivity index (χ3v) is 4.91. The van der Waals surface area contributed by atoms with Gasteiger partial charge in [-0.2, -0.15) is 0 Å². The Labute approximate surface area is 165 Å². The summed E-state index contributed by atoms with van der Waals surface area (Å²) in [6, 6.07) is 6.29. The van der Waals surface area contributed by atoms with E-state index in [1.165, 1.54) is 12.1 Å². The molecule has 3 atom stereocenters. The Morgan fingerprint density at radius 2 is 1.96 bits per heavy atom. The molecule has 28 heavy (non-hydrogen) atoms. The molecule has 3 unspecified atom stereocenters. The second-order valence-electron chi connectivity index (χ2n) is 7.49. The molecule has 7 heteroatoms. The van der Waals surface area contributed by atoms with Crippen molar-refractivity contribution in [2.24, 2.45) is 0 Å². The van der Waals surface area contributed by atoms with Crippen molar-refractivity contribution in [1.82, 2.24) is 15.2 Å². The third kappa shape index (κ3) is 5.62. The van der Waals surface area contributed by atoms with Crippen molar-refractivity contribution in [3.63, 3.8) is 0 Å². The number of amides is 1. The van der Waals surface area contributed by atoms with E-state index >= 15 is 0 Å². The predicted octanol–water partition coefficient (Wildman–Crippen LogP) is 3.03. The molecule has 1 aromatic heterocycles. The van der Waals surface area contributed by atoms with Gasteiger partial charge in [-0.05, 0) is 45.0 Å². The quantitative estimate of drug-likeness (QED) is 0.788. The number of nitrogens with one attached hydrogen (secondary N) is 1. The van der Waals surface area contributed by atoms with Gasteiger partial charge in [-0.15, -0.1) is 0 Å². The molecule has 1 N–H and O–H groups in total. The molecule has 0 radical (unpaired) electrons. The fraction of sp³-hybridized carbons (Fsp3) is 0.524. The van der Waals surface area contributed by atoms with Crippen LogP contribution in [0.3, 0.4) is 0 Å². The molecular weight excluding hydrogens is 361 g/mol. The van der Waals surface area contributed by atoms with E-state index < -0.39 is 0 Å². The summed E-state index contributed by atoms with van der Waals surface area (Å²) in [5.41, 5.74) is 0.757. The number of benzene rings is 1. The molecule has 0 bridgehead atoms.